The second-order valence-corrected chi connectivity index (χ2v) is 8.58. The zero-order chi connectivity index (χ0) is 22.3. The Morgan fingerprint density at radius 2 is 1.00 bits per heavy atom. The van der Waals surface area contributed by atoms with Crippen LogP contribution in [-0.4, -0.2) is 10.2 Å². The number of hydrogen-bond donors (Lipinski definition) is 2. The van der Waals surface area contributed by atoms with Crippen LogP contribution in [0.3, 0.4) is 0 Å². The van der Waals surface area contributed by atoms with Gasteiger partial charge >= 0.3 is 0 Å². The smallest absolute Gasteiger partial charge is 0.121 e. The van der Waals surface area contributed by atoms with E-state index in [1.165, 1.54) is 30.4 Å². The fourth-order valence-corrected chi connectivity index (χ4v) is 4.82. The molecule has 0 aliphatic rings. The minimum atomic E-state index is 0.286. The van der Waals surface area contributed by atoms with E-state index in [4.69, 9.17) is 0 Å². The van der Waals surface area contributed by atoms with Gasteiger partial charge in [0.15, 0.2) is 0 Å². The molecule has 2 heteroatoms. The van der Waals surface area contributed by atoms with Gasteiger partial charge in [0, 0.05) is 5.92 Å². The van der Waals surface area contributed by atoms with Gasteiger partial charge in [-0.2, -0.15) is 0 Å². The summed E-state index contributed by atoms with van der Waals surface area (Å²) >= 11 is 0. The summed E-state index contributed by atoms with van der Waals surface area (Å²) in [5.74, 6) is 1.77. The minimum absolute atomic E-state index is 0.286. The lowest BCUT2D eigenvalue weighted by Crippen LogP contribution is -2.16. The Labute approximate surface area is 184 Å². The number of aromatic hydroxyl groups is 2. The molecule has 166 valence electrons. The molecule has 0 saturated heterocycles. The van der Waals surface area contributed by atoms with E-state index in [0.29, 0.717) is 17.4 Å². The summed E-state index contributed by atoms with van der Waals surface area (Å²) in [5, 5.41) is 21.3. The largest absolute Gasteiger partial charge is 0.507 e. The molecule has 2 aromatic carbocycles. The molecule has 0 aliphatic carbocycles. The van der Waals surface area contributed by atoms with Crippen LogP contribution >= 0.6 is 0 Å². The van der Waals surface area contributed by atoms with Crippen LogP contribution in [0.1, 0.15) is 107 Å². The molecule has 2 aromatic rings. The maximum Gasteiger partial charge on any atom is 0.121 e. The highest BCUT2D eigenvalue weighted by Gasteiger charge is 2.26. The van der Waals surface area contributed by atoms with E-state index in [1.807, 2.05) is 0 Å². The van der Waals surface area contributed by atoms with Gasteiger partial charge in [-0.05, 0) is 71.4 Å². The van der Waals surface area contributed by atoms with Gasteiger partial charge in [0.05, 0.1) is 0 Å². The van der Waals surface area contributed by atoms with Crippen molar-refractivity contribution in [1.82, 2.24) is 0 Å². The zero-order valence-corrected chi connectivity index (χ0v) is 20.0. The standard InChI is InChI=1S/C28H42O2/c1-7-13-14-19(8-2)26(24-15-20(9-3)27(29)21(10-4)16-24)25-17-22(11-5)28(30)23(12-6)18-25/h15-19,26,29-30H,7-14H2,1-6H3. The van der Waals surface area contributed by atoms with Crippen molar-refractivity contribution in [2.45, 2.75) is 98.8 Å². The number of phenols is 2. The maximum absolute atomic E-state index is 10.7. The highest BCUT2D eigenvalue weighted by atomic mass is 16.3. The molecule has 30 heavy (non-hydrogen) atoms. The zero-order valence-electron chi connectivity index (χ0n) is 20.0. The van der Waals surface area contributed by atoms with E-state index in [-0.39, 0.29) is 5.92 Å². The summed E-state index contributed by atoms with van der Waals surface area (Å²) in [7, 11) is 0. The van der Waals surface area contributed by atoms with Gasteiger partial charge in [-0.15, -0.1) is 0 Å². The first-order chi connectivity index (χ1) is 14.4. The summed E-state index contributed by atoms with van der Waals surface area (Å²) in [6.45, 7) is 13.0. The third kappa shape index (κ3) is 5.20. The van der Waals surface area contributed by atoms with Gasteiger partial charge in [-0.25, -0.2) is 0 Å². The van der Waals surface area contributed by atoms with Crippen LogP contribution in [0.2, 0.25) is 0 Å². The highest BCUT2D eigenvalue weighted by molar-refractivity contribution is 5.50. The Hall–Kier alpha value is -1.96. The Balaban J connectivity index is 2.74. The molecular weight excluding hydrogens is 368 g/mol. The van der Waals surface area contributed by atoms with Crippen LogP contribution in [-0.2, 0) is 25.7 Å². The maximum atomic E-state index is 10.7. The predicted molar refractivity (Wildman–Crippen MR) is 129 cm³/mol. The van der Waals surface area contributed by atoms with Crippen molar-refractivity contribution < 1.29 is 10.2 Å². The fourth-order valence-electron chi connectivity index (χ4n) is 4.82. The van der Waals surface area contributed by atoms with Gasteiger partial charge < -0.3 is 10.2 Å². The number of aryl methyl sites for hydroxylation is 4. The van der Waals surface area contributed by atoms with E-state index in [9.17, 15) is 10.2 Å². The Morgan fingerprint density at radius 3 is 1.27 bits per heavy atom. The number of phenolic OH excluding ortho intramolecular Hbond substituents is 2. The Morgan fingerprint density at radius 1 is 0.633 bits per heavy atom. The van der Waals surface area contributed by atoms with E-state index in [2.05, 4.69) is 65.8 Å². The molecule has 2 N–H and O–H groups in total. The first kappa shape index (κ1) is 24.3. The molecule has 0 aromatic heterocycles. The molecule has 2 rings (SSSR count). The third-order valence-corrected chi connectivity index (χ3v) is 6.75. The second-order valence-electron chi connectivity index (χ2n) is 8.58. The normalized spacial score (nSPS) is 12.5. The Kier molecular flexibility index (Phi) is 9.27. The molecule has 0 heterocycles. The average molecular weight is 411 g/mol. The van der Waals surface area contributed by atoms with Gasteiger partial charge in [-0.3, -0.25) is 0 Å². The van der Waals surface area contributed by atoms with Crippen molar-refractivity contribution in [1.29, 1.82) is 0 Å². The lowest BCUT2D eigenvalue weighted by atomic mass is 9.75. The number of rotatable bonds is 11. The molecule has 0 radical (unpaired) electrons. The topological polar surface area (TPSA) is 40.5 Å². The van der Waals surface area contributed by atoms with Crippen LogP contribution in [0.15, 0.2) is 24.3 Å². The van der Waals surface area contributed by atoms with Crippen molar-refractivity contribution in [3.05, 3.63) is 57.6 Å². The quantitative estimate of drug-likeness (QED) is 0.398. The second kappa shape index (κ2) is 11.4. The molecular formula is C28H42O2. The first-order valence-corrected chi connectivity index (χ1v) is 12.1. The van der Waals surface area contributed by atoms with Gasteiger partial charge in [0.1, 0.15) is 11.5 Å². The monoisotopic (exact) mass is 410 g/mol. The Bertz CT molecular complexity index is 710. The van der Waals surface area contributed by atoms with Crippen molar-refractivity contribution in [2.75, 3.05) is 0 Å². The van der Waals surface area contributed by atoms with Crippen LogP contribution in [0.25, 0.3) is 0 Å². The van der Waals surface area contributed by atoms with Crippen LogP contribution in [0.4, 0.5) is 0 Å². The summed E-state index contributed by atoms with van der Waals surface area (Å²) in [5.41, 5.74) is 6.82. The van der Waals surface area contributed by atoms with Gasteiger partial charge in [-0.1, -0.05) is 85.1 Å². The molecule has 0 bridgehead atoms. The molecule has 2 nitrogen and oxygen atoms in total. The molecule has 0 saturated carbocycles. The van der Waals surface area contributed by atoms with Crippen molar-refractivity contribution in [2.24, 2.45) is 5.92 Å². The minimum Gasteiger partial charge on any atom is -0.507 e. The summed E-state index contributed by atoms with van der Waals surface area (Å²) in [4.78, 5) is 0. The van der Waals surface area contributed by atoms with Crippen LogP contribution < -0.4 is 0 Å². The van der Waals surface area contributed by atoms with Crippen LogP contribution in [0.5, 0.6) is 11.5 Å². The summed E-state index contributed by atoms with van der Waals surface area (Å²) in [6, 6.07) is 8.94. The van der Waals surface area contributed by atoms with E-state index in [1.54, 1.807) is 0 Å². The first-order valence-electron chi connectivity index (χ1n) is 12.1. The molecule has 0 aliphatic heterocycles. The van der Waals surface area contributed by atoms with Gasteiger partial charge in [0.25, 0.3) is 0 Å². The average Bonchev–Trinajstić information content (AvgIpc) is 2.77. The molecule has 0 amide bonds. The molecule has 0 spiro atoms. The lowest BCUT2D eigenvalue weighted by molar-refractivity contribution is 0.403. The van der Waals surface area contributed by atoms with Crippen molar-refractivity contribution in [3.63, 3.8) is 0 Å². The van der Waals surface area contributed by atoms with E-state index >= 15 is 0 Å². The highest BCUT2D eigenvalue weighted by Crippen LogP contribution is 2.42. The SMILES string of the molecule is CCCCC(CC)C(c1cc(CC)c(O)c(CC)c1)c1cc(CC)c(O)c(CC)c1. The lowest BCUT2D eigenvalue weighted by Gasteiger charge is -2.30. The van der Waals surface area contributed by atoms with E-state index in [0.717, 1.165) is 54.4 Å². The number of unbranched alkanes of at least 4 members (excludes halogenated alkanes) is 1. The van der Waals surface area contributed by atoms with Crippen LogP contribution in [0, 0.1) is 5.92 Å². The summed E-state index contributed by atoms with van der Waals surface area (Å²) < 4.78 is 0. The van der Waals surface area contributed by atoms with E-state index < -0.39 is 0 Å². The van der Waals surface area contributed by atoms with Crippen molar-refractivity contribution >= 4 is 0 Å². The number of benzene rings is 2. The molecule has 1 atom stereocenters. The summed E-state index contributed by atoms with van der Waals surface area (Å²) in [6.07, 6.45) is 8.09. The van der Waals surface area contributed by atoms with Crippen molar-refractivity contribution in [3.8, 4) is 11.5 Å². The van der Waals surface area contributed by atoms with Gasteiger partial charge in [0.2, 0.25) is 0 Å². The molecule has 0 fully saturated rings. The number of hydrogen-bond acceptors (Lipinski definition) is 2. The predicted octanol–water partition coefficient (Wildman–Crippen LogP) is 7.70. The molecule has 1 unspecified atom stereocenters. The third-order valence-electron chi connectivity index (χ3n) is 6.75. The fraction of sp³-hybridized carbons (Fsp3) is 0.571.